The number of hydrogen-bond donors (Lipinski definition) is 1. The molecule has 5 nitrogen and oxygen atoms in total. The normalized spacial score (nSPS) is 15.7. The first-order valence-electron chi connectivity index (χ1n) is 10.4. The summed E-state index contributed by atoms with van der Waals surface area (Å²) in [4.78, 5) is 1.76. The van der Waals surface area contributed by atoms with Gasteiger partial charge in [0.05, 0.1) is 6.54 Å². The molecule has 0 bridgehead atoms. The first-order valence-corrected chi connectivity index (χ1v) is 10.4. The summed E-state index contributed by atoms with van der Waals surface area (Å²) in [5.41, 5.74) is 0. The fourth-order valence-electron chi connectivity index (χ4n) is 3.57. The van der Waals surface area contributed by atoms with Crippen LogP contribution in [0, 0.1) is 0 Å². The van der Waals surface area contributed by atoms with Gasteiger partial charge in [0, 0.05) is 6.04 Å². The highest BCUT2D eigenvalue weighted by atomic mass is 15.6. The number of aromatic nitrogens is 4. The molecule has 0 aliphatic heterocycles. The van der Waals surface area contributed by atoms with Crippen LogP contribution in [0.5, 0.6) is 0 Å². The van der Waals surface area contributed by atoms with Crippen molar-refractivity contribution in [3.63, 3.8) is 0 Å². The van der Waals surface area contributed by atoms with E-state index in [9.17, 15) is 0 Å². The van der Waals surface area contributed by atoms with Crippen molar-refractivity contribution in [2.45, 2.75) is 116 Å². The van der Waals surface area contributed by atoms with Gasteiger partial charge >= 0.3 is 0 Å². The average molecular weight is 336 g/mol. The van der Waals surface area contributed by atoms with Crippen molar-refractivity contribution in [3.05, 3.63) is 0 Å². The number of nitrogens with one attached hydrogen (secondary N) is 1. The van der Waals surface area contributed by atoms with Crippen molar-refractivity contribution in [1.29, 1.82) is 0 Å². The lowest BCUT2D eigenvalue weighted by Crippen LogP contribution is -2.23. The molecule has 0 amide bonds. The van der Waals surface area contributed by atoms with Crippen LogP contribution >= 0.6 is 0 Å². The van der Waals surface area contributed by atoms with E-state index >= 15 is 0 Å². The largest absolute Gasteiger partial charge is 0.349 e. The van der Waals surface area contributed by atoms with Gasteiger partial charge < -0.3 is 5.32 Å². The predicted molar refractivity (Wildman–Crippen MR) is 100 cm³/mol. The maximum absolute atomic E-state index is 4.46. The van der Waals surface area contributed by atoms with Crippen LogP contribution < -0.4 is 5.32 Å². The Kier molecular flexibility index (Phi) is 9.81. The number of unbranched alkanes of at least 4 members (excludes halogenated alkanes) is 9. The third kappa shape index (κ3) is 8.11. The summed E-state index contributed by atoms with van der Waals surface area (Å²) in [5, 5.41) is 16.2. The molecule has 1 aliphatic carbocycles. The predicted octanol–water partition coefficient (Wildman–Crippen LogP) is 5.34. The topological polar surface area (TPSA) is 55.6 Å². The van der Waals surface area contributed by atoms with E-state index in [1.165, 1.54) is 89.9 Å². The Bertz CT molecular complexity index is 412. The number of aryl methyl sites for hydroxylation is 1. The van der Waals surface area contributed by atoms with Crippen LogP contribution in [0.15, 0.2) is 0 Å². The number of tetrazole rings is 1. The van der Waals surface area contributed by atoms with Crippen LogP contribution in [0.1, 0.15) is 103 Å². The second kappa shape index (κ2) is 12.3. The lowest BCUT2D eigenvalue weighted by atomic mass is 9.96. The first-order chi connectivity index (χ1) is 11.9. The number of hydrogen-bond acceptors (Lipinski definition) is 4. The molecule has 1 saturated carbocycles. The molecule has 0 spiro atoms. The molecule has 0 radical (unpaired) electrons. The molecule has 1 aromatic heterocycles. The Hall–Kier alpha value is -1.13. The molecule has 1 aliphatic rings. The van der Waals surface area contributed by atoms with Gasteiger partial charge in [-0.15, -0.1) is 5.10 Å². The molecule has 0 saturated heterocycles. The fraction of sp³-hybridized carbons (Fsp3) is 0.947. The van der Waals surface area contributed by atoms with E-state index in [0.29, 0.717) is 12.0 Å². The highest BCUT2D eigenvalue weighted by Gasteiger charge is 2.14. The summed E-state index contributed by atoms with van der Waals surface area (Å²) in [6.07, 6.45) is 20.1. The van der Waals surface area contributed by atoms with Gasteiger partial charge in [-0.05, 0) is 24.5 Å². The minimum absolute atomic E-state index is 0.550. The van der Waals surface area contributed by atoms with Crippen LogP contribution in [-0.2, 0) is 6.54 Å². The molecule has 1 heterocycles. The quantitative estimate of drug-likeness (QED) is 0.494. The average Bonchev–Trinajstić information content (AvgIpc) is 3.05. The number of anilines is 1. The zero-order valence-corrected chi connectivity index (χ0v) is 15.7. The molecular formula is C19H37N5. The molecule has 1 aromatic rings. The van der Waals surface area contributed by atoms with Gasteiger partial charge in [0.1, 0.15) is 0 Å². The molecular weight excluding hydrogens is 298 g/mol. The third-order valence-corrected chi connectivity index (χ3v) is 5.10. The van der Waals surface area contributed by atoms with Crippen molar-refractivity contribution in [2.24, 2.45) is 0 Å². The van der Waals surface area contributed by atoms with Gasteiger partial charge in [0.25, 0.3) is 5.95 Å². The maximum Gasteiger partial charge on any atom is 0.263 e. The minimum atomic E-state index is 0.550. The fourth-order valence-corrected chi connectivity index (χ4v) is 3.57. The van der Waals surface area contributed by atoms with Crippen molar-refractivity contribution in [2.75, 3.05) is 5.32 Å². The molecule has 5 heteroatoms. The SMILES string of the molecule is CCCCCCCCCCCCn1nnc(NC2CCCCC2)n1. The van der Waals surface area contributed by atoms with Gasteiger partial charge in [-0.3, -0.25) is 0 Å². The molecule has 1 fully saturated rings. The van der Waals surface area contributed by atoms with Gasteiger partial charge in [-0.1, -0.05) is 89.1 Å². The van der Waals surface area contributed by atoms with Crippen LogP contribution in [0.2, 0.25) is 0 Å². The second-order valence-electron chi connectivity index (χ2n) is 7.37. The summed E-state index contributed by atoms with van der Waals surface area (Å²) in [5.74, 6) is 0.717. The molecule has 1 N–H and O–H groups in total. The van der Waals surface area contributed by atoms with E-state index in [0.717, 1.165) is 13.0 Å². The lowest BCUT2D eigenvalue weighted by molar-refractivity contribution is 0.458. The highest BCUT2D eigenvalue weighted by Crippen LogP contribution is 2.19. The minimum Gasteiger partial charge on any atom is -0.349 e. The van der Waals surface area contributed by atoms with Crippen molar-refractivity contribution in [3.8, 4) is 0 Å². The van der Waals surface area contributed by atoms with E-state index in [4.69, 9.17) is 0 Å². The Morgan fingerprint density at radius 3 is 2.17 bits per heavy atom. The Labute approximate surface area is 148 Å². The van der Waals surface area contributed by atoms with Crippen LogP contribution in [-0.4, -0.2) is 26.2 Å². The van der Waals surface area contributed by atoms with Crippen LogP contribution in [0.4, 0.5) is 5.95 Å². The molecule has 0 unspecified atom stereocenters. The summed E-state index contributed by atoms with van der Waals surface area (Å²) < 4.78 is 0. The Morgan fingerprint density at radius 2 is 1.50 bits per heavy atom. The zero-order chi connectivity index (χ0) is 16.9. The van der Waals surface area contributed by atoms with E-state index in [1.54, 1.807) is 4.80 Å². The molecule has 0 atom stereocenters. The third-order valence-electron chi connectivity index (χ3n) is 5.10. The first kappa shape index (κ1) is 19.2. The Morgan fingerprint density at radius 1 is 0.875 bits per heavy atom. The van der Waals surface area contributed by atoms with Crippen LogP contribution in [0.3, 0.4) is 0 Å². The van der Waals surface area contributed by atoms with E-state index in [-0.39, 0.29) is 0 Å². The van der Waals surface area contributed by atoms with E-state index in [1.807, 2.05) is 0 Å². The van der Waals surface area contributed by atoms with Gasteiger partial charge in [0.2, 0.25) is 0 Å². The summed E-state index contributed by atoms with van der Waals surface area (Å²) >= 11 is 0. The lowest BCUT2D eigenvalue weighted by Gasteiger charge is -2.21. The summed E-state index contributed by atoms with van der Waals surface area (Å²) in [6, 6.07) is 0.550. The van der Waals surface area contributed by atoms with Crippen molar-refractivity contribution < 1.29 is 0 Å². The van der Waals surface area contributed by atoms with Crippen molar-refractivity contribution in [1.82, 2.24) is 20.2 Å². The van der Waals surface area contributed by atoms with E-state index < -0.39 is 0 Å². The molecule has 0 aromatic carbocycles. The zero-order valence-electron chi connectivity index (χ0n) is 15.7. The summed E-state index contributed by atoms with van der Waals surface area (Å²) in [7, 11) is 0. The van der Waals surface area contributed by atoms with Gasteiger partial charge in [-0.25, -0.2) is 0 Å². The smallest absolute Gasteiger partial charge is 0.263 e. The van der Waals surface area contributed by atoms with Gasteiger partial charge in [0.15, 0.2) is 0 Å². The van der Waals surface area contributed by atoms with E-state index in [2.05, 4.69) is 27.7 Å². The monoisotopic (exact) mass is 335 g/mol. The second-order valence-corrected chi connectivity index (χ2v) is 7.37. The molecule has 2 rings (SSSR count). The number of rotatable bonds is 13. The number of nitrogens with zero attached hydrogens (tertiary/aromatic N) is 4. The molecule has 138 valence electrons. The maximum atomic E-state index is 4.46. The Balaban J connectivity index is 1.46. The standard InChI is InChI=1S/C19H37N5/c1-2-3-4-5-6-7-8-9-10-14-17-24-22-19(21-23-24)20-18-15-12-11-13-16-18/h18H,2-17H2,1H3,(H,20,22). The van der Waals surface area contributed by atoms with Gasteiger partial charge in [-0.2, -0.15) is 4.80 Å². The van der Waals surface area contributed by atoms with Crippen LogP contribution in [0.25, 0.3) is 0 Å². The van der Waals surface area contributed by atoms with Crippen molar-refractivity contribution >= 4 is 5.95 Å². The summed E-state index contributed by atoms with van der Waals surface area (Å²) in [6.45, 7) is 3.18. The highest BCUT2D eigenvalue weighted by molar-refractivity contribution is 5.21. The molecule has 24 heavy (non-hydrogen) atoms.